The van der Waals surface area contributed by atoms with Crippen molar-refractivity contribution in [1.82, 2.24) is 9.78 Å². The average molecular weight is 472 g/mol. The number of aromatic nitrogens is 2. The number of hydrogen-bond donors (Lipinski definition) is 0. The summed E-state index contributed by atoms with van der Waals surface area (Å²) >= 11 is 3.55. The fourth-order valence-electron chi connectivity index (χ4n) is 5.93. The highest BCUT2D eigenvalue weighted by molar-refractivity contribution is 9.10. The van der Waals surface area contributed by atoms with E-state index in [0.29, 0.717) is 29.4 Å². The van der Waals surface area contributed by atoms with Crippen LogP contribution in [0.5, 0.6) is 0 Å². The highest BCUT2D eigenvalue weighted by Crippen LogP contribution is 2.55. The van der Waals surface area contributed by atoms with Crippen molar-refractivity contribution in [2.45, 2.75) is 32.2 Å². The molecule has 6 rings (SSSR count). The lowest BCUT2D eigenvalue weighted by molar-refractivity contribution is 0.363. The first-order valence-electron chi connectivity index (χ1n) is 10.8. The molecule has 0 spiro atoms. The second kappa shape index (κ2) is 7.06. The molecule has 6 heteroatoms. The Morgan fingerprint density at radius 2 is 1.74 bits per heavy atom. The van der Waals surface area contributed by atoms with Gasteiger partial charge in [0.15, 0.2) is 0 Å². The van der Waals surface area contributed by atoms with Gasteiger partial charge in [-0.3, -0.25) is 5.01 Å². The van der Waals surface area contributed by atoms with Crippen LogP contribution < -0.4 is 5.01 Å². The predicted molar refractivity (Wildman–Crippen MR) is 124 cm³/mol. The van der Waals surface area contributed by atoms with E-state index in [0.717, 1.165) is 32.9 Å². The van der Waals surface area contributed by atoms with Crippen molar-refractivity contribution in [2.24, 2.45) is 22.9 Å². The minimum Gasteiger partial charge on any atom is -0.261 e. The van der Waals surface area contributed by atoms with Crippen LogP contribution >= 0.6 is 15.9 Å². The van der Waals surface area contributed by atoms with Crippen LogP contribution in [-0.2, 0) is 0 Å². The number of hydrazone groups is 1. The van der Waals surface area contributed by atoms with Crippen LogP contribution in [0.2, 0.25) is 0 Å². The van der Waals surface area contributed by atoms with Gasteiger partial charge in [-0.15, -0.1) is 0 Å². The van der Waals surface area contributed by atoms with E-state index in [-0.39, 0.29) is 0 Å². The first-order chi connectivity index (χ1) is 15.2. The number of anilines is 1. The minimum absolute atomic E-state index is 0.341. The molecule has 2 aliphatic carbocycles. The number of para-hydroxylation sites is 1. The summed E-state index contributed by atoms with van der Waals surface area (Å²) in [6.07, 6.45) is 3.77. The van der Waals surface area contributed by atoms with Gasteiger partial charge in [-0.05, 0) is 74.4 Å². The second-order valence-corrected chi connectivity index (χ2v) is 9.74. The highest BCUT2D eigenvalue weighted by Gasteiger charge is 2.56. The summed E-state index contributed by atoms with van der Waals surface area (Å²) in [4.78, 5) is 0. The van der Waals surface area contributed by atoms with Gasteiger partial charge in [-0.25, -0.2) is 4.68 Å². The number of rotatable bonds is 3. The standard InChI is InChI=1S/C25H22BrN5/c1-15-21(14-27)25(31(28-15)19-5-3-2-4-6-19)23-22-16-7-8-17(13-16)24(22)30(29-23)20-11-9-18(26)10-12-20/h2-6,9-12,16-17,22,24H,7-8,13H2,1H3/t16-,17+,22-,24-/m1/s1. The van der Waals surface area contributed by atoms with Gasteiger partial charge in [0, 0.05) is 10.4 Å². The average Bonchev–Trinajstić information content (AvgIpc) is 3.55. The maximum atomic E-state index is 10.0. The third kappa shape index (κ3) is 2.80. The Morgan fingerprint density at radius 1 is 1.00 bits per heavy atom. The van der Waals surface area contributed by atoms with Crippen LogP contribution in [0.3, 0.4) is 0 Å². The molecule has 1 aliphatic heterocycles. The SMILES string of the molecule is Cc1nn(-c2ccccc2)c(C2=NN(c3ccc(Br)cc3)[C@@H]3[C@H]4CC[C@H](C4)[C@H]23)c1C#N. The Hall–Kier alpha value is -2.91. The number of hydrogen-bond acceptors (Lipinski definition) is 4. The Bertz CT molecular complexity index is 1220. The lowest BCUT2D eigenvalue weighted by Gasteiger charge is -2.31. The zero-order valence-electron chi connectivity index (χ0n) is 17.2. The molecule has 0 saturated heterocycles. The Kier molecular flexibility index (Phi) is 4.29. The maximum Gasteiger partial charge on any atom is 0.109 e. The topological polar surface area (TPSA) is 57.2 Å². The van der Waals surface area contributed by atoms with E-state index >= 15 is 0 Å². The van der Waals surface area contributed by atoms with Gasteiger partial charge >= 0.3 is 0 Å². The zero-order valence-corrected chi connectivity index (χ0v) is 18.8. The molecular weight excluding hydrogens is 450 g/mol. The molecule has 2 fully saturated rings. The molecule has 0 amide bonds. The van der Waals surface area contributed by atoms with Gasteiger partial charge < -0.3 is 0 Å². The van der Waals surface area contributed by atoms with Crippen molar-refractivity contribution in [3.05, 3.63) is 76.0 Å². The third-order valence-corrected chi connectivity index (χ3v) is 7.72. The first-order valence-corrected chi connectivity index (χ1v) is 11.6. The number of aryl methyl sites for hydroxylation is 1. The van der Waals surface area contributed by atoms with Gasteiger partial charge in [-0.1, -0.05) is 34.1 Å². The van der Waals surface area contributed by atoms with E-state index < -0.39 is 0 Å². The molecule has 31 heavy (non-hydrogen) atoms. The Labute approximate surface area is 190 Å². The summed E-state index contributed by atoms with van der Waals surface area (Å²) in [6, 6.07) is 21.3. The van der Waals surface area contributed by atoms with E-state index in [1.807, 2.05) is 41.9 Å². The molecule has 2 aromatic carbocycles. The Balaban J connectivity index is 1.55. The van der Waals surface area contributed by atoms with Crippen LogP contribution in [0.1, 0.15) is 36.2 Å². The largest absolute Gasteiger partial charge is 0.261 e. The number of halogens is 1. The summed E-state index contributed by atoms with van der Waals surface area (Å²) < 4.78 is 3.00. The van der Waals surface area contributed by atoms with Crippen molar-refractivity contribution in [3.8, 4) is 11.8 Å². The monoisotopic (exact) mass is 471 g/mol. The lowest BCUT2D eigenvalue weighted by atomic mass is 9.80. The van der Waals surface area contributed by atoms with E-state index in [2.05, 4.69) is 51.3 Å². The molecule has 1 aromatic heterocycles. The predicted octanol–water partition coefficient (Wildman–Crippen LogP) is 5.45. The molecule has 5 nitrogen and oxygen atoms in total. The van der Waals surface area contributed by atoms with Gasteiger partial charge in [-0.2, -0.15) is 15.5 Å². The normalized spacial score (nSPS) is 26.1. The smallest absolute Gasteiger partial charge is 0.109 e. The highest BCUT2D eigenvalue weighted by atomic mass is 79.9. The first kappa shape index (κ1) is 18.8. The third-order valence-electron chi connectivity index (χ3n) is 7.19. The molecule has 2 bridgehead atoms. The molecule has 0 radical (unpaired) electrons. The van der Waals surface area contributed by atoms with Gasteiger partial charge in [0.2, 0.25) is 0 Å². The number of fused-ring (bicyclic) bond motifs is 5. The van der Waals surface area contributed by atoms with Crippen LogP contribution in [0.15, 0.2) is 64.2 Å². The zero-order chi connectivity index (χ0) is 21.1. The van der Waals surface area contributed by atoms with E-state index in [1.165, 1.54) is 19.3 Å². The Morgan fingerprint density at radius 3 is 2.48 bits per heavy atom. The van der Waals surface area contributed by atoms with Gasteiger partial charge in [0.25, 0.3) is 0 Å². The van der Waals surface area contributed by atoms with Gasteiger partial charge in [0.05, 0.1) is 28.8 Å². The molecule has 3 aliphatic rings. The van der Waals surface area contributed by atoms with Crippen LogP contribution in [0.25, 0.3) is 5.69 Å². The lowest BCUT2D eigenvalue weighted by Crippen LogP contribution is -2.38. The number of nitriles is 1. The van der Waals surface area contributed by atoms with E-state index in [4.69, 9.17) is 10.2 Å². The van der Waals surface area contributed by atoms with Crippen molar-refractivity contribution in [3.63, 3.8) is 0 Å². The van der Waals surface area contributed by atoms with E-state index in [9.17, 15) is 5.26 Å². The molecule has 3 aromatic rings. The molecular formula is C25H22BrN5. The van der Waals surface area contributed by atoms with Crippen LogP contribution in [0, 0.1) is 36.0 Å². The minimum atomic E-state index is 0.341. The maximum absolute atomic E-state index is 10.0. The van der Waals surface area contributed by atoms with Gasteiger partial charge in [0.1, 0.15) is 17.3 Å². The summed E-state index contributed by atoms with van der Waals surface area (Å²) in [6.45, 7) is 1.92. The molecule has 0 unspecified atom stereocenters. The summed E-state index contributed by atoms with van der Waals surface area (Å²) in [5.74, 6) is 1.62. The van der Waals surface area contributed by atoms with Crippen molar-refractivity contribution >= 4 is 27.3 Å². The van der Waals surface area contributed by atoms with Crippen LogP contribution in [-0.4, -0.2) is 21.5 Å². The van der Waals surface area contributed by atoms with Crippen molar-refractivity contribution < 1.29 is 0 Å². The van der Waals surface area contributed by atoms with Crippen molar-refractivity contribution in [2.75, 3.05) is 5.01 Å². The van der Waals surface area contributed by atoms with Crippen LogP contribution in [0.4, 0.5) is 5.69 Å². The molecule has 2 saturated carbocycles. The summed E-state index contributed by atoms with van der Waals surface area (Å²) in [5.41, 5.74) is 5.37. The number of benzene rings is 2. The van der Waals surface area contributed by atoms with Crippen molar-refractivity contribution in [1.29, 1.82) is 5.26 Å². The summed E-state index contributed by atoms with van der Waals surface area (Å²) in [5, 5.41) is 22.2. The molecule has 2 heterocycles. The molecule has 154 valence electrons. The molecule has 0 N–H and O–H groups in total. The fourth-order valence-corrected chi connectivity index (χ4v) is 6.19. The second-order valence-electron chi connectivity index (χ2n) is 8.82. The summed E-state index contributed by atoms with van der Waals surface area (Å²) in [7, 11) is 0. The fraction of sp³-hybridized carbons (Fsp3) is 0.320. The van der Waals surface area contributed by atoms with E-state index in [1.54, 1.807) is 0 Å². The molecule has 4 atom stereocenters. The number of nitrogens with zero attached hydrogens (tertiary/aromatic N) is 5. The quantitative estimate of drug-likeness (QED) is 0.509.